The summed E-state index contributed by atoms with van der Waals surface area (Å²) in [4.78, 5) is 8.74. The second-order valence-electron chi connectivity index (χ2n) is 4.56. The highest BCUT2D eigenvalue weighted by Crippen LogP contribution is 2.27. The highest BCUT2D eigenvalue weighted by Gasteiger charge is 2.18. The Kier molecular flexibility index (Phi) is 6.45. The summed E-state index contributed by atoms with van der Waals surface area (Å²) in [7, 11) is 0. The van der Waals surface area contributed by atoms with E-state index in [0.717, 1.165) is 36.3 Å². The molecule has 0 radical (unpaired) electrons. The highest BCUT2D eigenvalue weighted by atomic mass is 16.2. The summed E-state index contributed by atoms with van der Waals surface area (Å²) in [5, 5.41) is 8.96. The Morgan fingerprint density at radius 3 is 2.70 bits per heavy atom. The Bertz CT molecular complexity index is 536. The lowest BCUT2D eigenvalue weighted by molar-refractivity contribution is 0.278. The van der Waals surface area contributed by atoms with Crippen LogP contribution in [-0.4, -0.2) is 26.1 Å². The molecule has 0 amide bonds. The molecule has 0 aliphatic heterocycles. The van der Waals surface area contributed by atoms with E-state index in [-0.39, 0.29) is 6.61 Å². The van der Waals surface area contributed by atoms with Crippen molar-refractivity contribution in [2.24, 2.45) is 0 Å². The molecule has 0 aliphatic rings. The van der Waals surface area contributed by atoms with Crippen molar-refractivity contribution >= 4 is 11.3 Å². The van der Waals surface area contributed by atoms with E-state index in [0.29, 0.717) is 11.7 Å². The van der Waals surface area contributed by atoms with Gasteiger partial charge in [-0.05, 0) is 26.2 Å². The zero-order valence-electron chi connectivity index (χ0n) is 12.9. The Balaban J connectivity index is 0.000000956. The summed E-state index contributed by atoms with van der Waals surface area (Å²) in [6.07, 6.45) is 6.34. The van der Waals surface area contributed by atoms with Crippen molar-refractivity contribution in [1.82, 2.24) is 14.4 Å². The second-order valence-corrected chi connectivity index (χ2v) is 4.56. The topological polar surface area (TPSA) is 76.4 Å². The Labute approximate surface area is 120 Å². The number of fused-ring (bicyclic) bond motifs is 1. The van der Waals surface area contributed by atoms with Crippen molar-refractivity contribution in [3.05, 3.63) is 23.9 Å². The van der Waals surface area contributed by atoms with Gasteiger partial charge in [-0.2, -0.15) is 0 Å². The minimum atomic E-state index is 0.225. The van der Waals surface area contributed by atoms with Crippen LogP contribution in [0.25, 0.3) is 5.52 Å². The number of aliphatic hydroxyl groups excluding tert-OH is 1. The molecular weight excluding hydrogens is 252 g/mol. The smallest absolute Gasteiger partial charge is 0.149 e. The summed E-state index contributed by atoms with van der Waals surface area (Å²) in [5.74, 6) is 1.89. The molecule has 2 heterocycles. The van der Waals surface area contributed by atoms with E-state index in [1.165, 1.54) is 0 Å². The van der Waals surface area contributed by atoms with Gasteiger partial charge in [-0.15, -0.1) is 0 Å². The zero-order chi connectivity index (χ0) is 15.1. The molecule has 0 saturated heterocycles. The van der Waals surface area contributed by atoms with Crippen molar-refractivity contribution < 1.29 is 5.11 Å². The van der Waals surface area contributed by atoms with Gasteiger partial charge in [0.15, 0.2) is 0 Å². The van der Waals surface area contributed by atoms with Crippen LogP contribution in [0.3, 0.4) is 0 Å². The molecule has 0 bridgehead atoms. The molecule has 3 N–H and O–H groups in total. The van der Waals surface area contributed by atoms with Gasteiger partial charge in [-0.25, -0.2) is 9.97 Å². The van der Waals surface area contributed by atoms with Gasteiger partial charge >= 0.3 is 0 Å². The molecule has 2 rings (SSSR count). The molecule has 2 aromatic rings. The number of rotatable bonds is 5. The fourth-order valence-corrected chi connectivity index (χ4v) is 2.41. The Hall–Kier alpha value is -1.62. The summed E-state index contributed by atoms with van der Waals surface area (Å²) < 4.78 is 2.03. The number of aromatic nitrogens is 3. The van der Waals surface area contributed by atoms with E-state index in [2.05, 4.69) is 16.9 Å². The third kappa shape index (κ3) is 3.28. The first-order chi connectivity index (χ1) is 9.69. The lowest BCUT2D eigenvalue weighted by Crippen LogP contribution is -2.05. The van der Waals surface area contributed by atoms with E-state index >= 15 is 0 Å². The lowest BCUT2D eigenvalue weighted by Gasteiger charge is -2.13. The van der Waals surface area contributed by atoms with Gasteiger partial charge in [0, 0.05) is 24.9 Å². The minimum absolute atomic E-state index is 0.225. The van der Waals surface area contributed by atoms with E-state index in [9.17, 15) is 0 Å². The van der Waals surface area contributed by atoms with Crippen LogP contribution in [0.15, 0.2) is 12.4 Å². The third-order valence-corrected chi connectivity index (χ3v) is 3.35. The zero-order valence-corrected chi connectivity index (χ0v) is 12.9. The van der Waals surface area contributed by atoms with Crippen LogP contribution in [0.1, 0.15) is 57.5 Å². The maximum atomic E-state index is 8.96. The normalized spacial score (nSPS) is 12.1. The van der Waals surface area contributed by atoms with E-state index in [1.54, 1.807) is 6.20 Å². The van der Waals surface area contributed by atoms with Crippen molar-refractivity contribution in [2.45, 2.75) is 52.9 Å². The van der Waals surface area contributed by atoms with Crippen LogP contribution in [0.5, 0.6) is 0 Å². The molecule has 0 spiro atoms. The number of hydrogen-bond donors (Lipinski definition) is 2. The van der Waals surface area contributed by atoms with Gasteiger partial charge in [0.1, 0.15) is 17.2 Å². The second kappa shape index (κ2) is 7.85. The molecule has 0 saturated carbocycles. The number of nitrogens with two attached hydrogens (primary N) is 1. The van der Waals surface area contributed by atoms with E-state index in [1.807, 2.05) is 31.4 Å². The molecule has 1 unspecified atom stereocenters. The van der Waals surface area contributed by atoms with Crippen LogP contribution >= 0.6 is 0 Å². The summed E-state index contributed by atoms with van der Waals surface area (Å²) in [5.41, 5.74) is 7.71. The number of nitrogen functional groups attached to an aromatic ring is 1. The van der Waals surface area contributed by atoms with Crippen LogP contribution in [0.4, 0.5) is 5.82 Å². The molecule has 0 fully saturated rings. The molecule has 5 heteroatoms. The van der Waals surface area contributed by atoms with E-state index < -0.39 is 0 Å². The highest BCUT2D eigenvalue weighted by molar-refractivity contribution is 5.68. The van der Waals surface area contributed by atoms with E-state index in [4.69, 9.17) is 10.8 Å². The number of aryl methyl sites for hydroxylation is 1. The number of imidazole rings is 1. The SMILES string of the molecule is CC.CCC(CCCO)c1nc(C)c2c(N)nccn12. The van der Waals surface area contributed by atoms with Gasteiger partial charge in [-0.3, -0.25) is 4.40 Å². The van der Waals surface area contributed by atoms with Gasteiger partial charge < -0.3 is 10.8 Å². The lowest BCUT2D eigenvalue weighted by atomic mass is 10.00. The van der Waals surface area contributed by atoms with Crippen molar-refractivity contribution in [2.75, 3.05) is 12.3 Å². The monoisotopic (exact) mass is 278 g/mol. The first-order valence-electron chi connectivity index (χ1n) is 7.38. The minimum Gasteiger partial charge on any atom is -0.396 e. The average Bonchev–Trinajstić information content (AvgIpc) is 2.81. The first kappa shape index (κ1) is 16.4. The van der Waals surface area contributed by atoms with Crippen LogP contribution in [0.2, 0.25) is 0 Å². The maximum Gasteiger partial charge on any atom is 0.149 e. The van der Waals surface area contributed by atoms with Gasteiger partial charge in [0.2, 0.25) is 0 Å². The number of nitrogens with zero attached hydrogens (tertiary/aromatic N) is 3. The molecule has 112 valence electrons. The number of anilines is 1. The Morgan fingerprint density at radius 1 is 1.40 bits per heavy atom. The van der Waals surface area contributed by atoms with Gasteiger partial charge in [-0.1, -0.05) is 20.8 Å². The largest absolute Gasteiger partial charge is 0.396 e. The third-order valence-electron chi connectivity index (χ3n) is 3.35. The molecule has 0 aliphatic carbocycles. The number of hydrogen-bond acceptors (Lipinski definition) is 4. The standard InChI is InChI=1S/C13H20N4O.C2H6/c1-3-10(5-4-8-18)13-16-9(2)11-12(14)15-6-7-17(11)13;1-2/h6-7,10,18H,3-5,8H2,1-2H3,(H2,14,15);1-2H3. The fourth-order valence-electron chi connectivity index (χ4n) is 2.41. The quantitative estimate of drug-likeness (QED) is 0.881. The predicted octanol–water partition coefficient (Wildman–Crippen LogP) is 2.91. The summed E-state index contributed by atoms with van der Waals surface area (Å²) in [6.45, 7) is 8.32. The predicted molar refractivity (Wildman–Crippen MR) is 82.8 cm³/mol. The molecule has 0 aromatic carbocycles. The average molecular weight is 278 g/mol. The number of aliphatic hydroxyl groups is 1. The summed E-state index contributed by atoms with van der Waals surface area (Å²) in [6, 6.07) is 0. The molecular formula is C15H26N4O. The van der Waals surface area contributed by atoms with Gasteiger partial charge in [0.25, 0.3) is 0 Å². The van der Waals surface area contributed by atoms with Crippen molar-refractivity contribution in [3.63, 3.8) is 0 Å². The Morgan fingerprint density at radius 2 is 2.10 bits per heavy atom. The molecule has 20 heavy (non-hydrogen) atoms. The molecule has 2 aromatic heterocycles. The first-order valence-corrected chi connectivity index (χ1v) is 7.38. The van der Waals surface area contributed by atoms with Crippen LogP contribution < -0.4 is 5.73 Å². The maximum absolute atomic E-state index is 8.96. The van der Waals surface area contributed by atoms with Crippen LogP contribution in [-0.2, 0) is 0 Å². The van der Waals surface area contributed by atoms with Crippen molar-refractivity contribution in [1.29, 1.82) is 0 Å². The molecule has 1 atom stereocenters. The molecule has 5 nitrogen and oxygen atoms in total. The van der Waals surface area contributed by atoms with Gasteiger partial charge in [0.05, 0.1) is 5.69 Å². The van der Waals surface area contributed by atoms with Crippen LogP contribution in [0, 0.1) is 6.92 Å². The fraction of sp³-hybridized carbons (Fsp3) is 0.600. The summed E-state index contributed by atoms with van der Waals surface area (Å²) >= 11 is 0. The van der Waals surface area contributed by atoms with Crippen molar-refractivity contribution in [3.8, 4) is 0 Å².